The number of hydrogen-bond donors (Lipinski definition) is 0. The van der Waals surface area contributed by atoms with E-state index in [4.69, 9.17) is 0 Å². The van der Waals surface area contributed by atoms with Gasteiger partial charge in [-0.2, -0.15) is 0 Å². The van der Waals surface area contributed by atoms with Crippen molar-refractivity contribution in [2.45, 2.75) is 13.2 Å². The molecule has 1 aromatic rings. The molecule has 1 aliphatic heterocycles. The zero-order valence-corrected chi connectivity index (χ0v) is 8.23. The summed E-state index contributed by atoms with van der Waals surface area (Å²) >= 11 is 0. The van der Waals surface area contributed by atoms with Crippen molar-refractivity contribution in [2.24, 2.45) is 0 Å². The summed E-state index contributed by atoms with van der Waals surface area (Å²) in [5.41, 5.74) is 1.06. The maximum atomic E-state index is 11.6. The van der Waals surface area contributed by atoms with E-state index in [-0.39, 0.29) is 5.91 Å². The third kappa shape index (κ3) is 1.62. The fourth-order valence-electron chi connectivity index (χ4n) is 1.31. The number of carbonyl (C=O) groups is 1. The molecule has 0 aliphatic carbocycles. The molecule has 0 radical (unpaired) electrons. The fraction of sp³-hybridized carbons (Fsp3) is 0.444. The van der Waals surface area contributed by atoms with Crippen LogP contribution >= 0.6 is 0 Å². The second kappa shape index (κ2) is 3.78. The quantitative estimate of drug-likeness (QED) is 0.585. The van der Waals surface area contributed by atoms with Gasteiger partial charge in [-0.05, 0) is 11.9 Å². The molecular weight excluding hydrogens is 177 g/mol. The first-order valence-corrected chi connectivity index (χ1v) is 4.91. The summed E-state index contributed by atoms with van der Waals surface area (Å²) < 4.78 is 0. The van der Waals surface area contributed by atoms with Crippen LogP contribution in [0.25, 0.3) is 0 Å². The Balaban J connectivity index is 2.11. The minimum Gasteiger partial charge on any atom is -0.336 e. The van der Waals surface area contributed by atoms with Gasteiger partial charge in [0.1, 0.15) is 0 Å². The number of carbonyl (C=O) groups excluding carboxylic acids is 1. The summed E-state index contributed by atoms with van der Waals surface area (Å²) in [6.45, 7) is 3.73. The van der Waals surface area contributed by atoms with Crippen molar-refractivity contribution in [3.05, 3.63) is 18.2 Å². The molecule has 2 heterocycles. The predicted molar refractivity (Wildman–Crippen MR) is 55.2 cm³/mol. The molecule has 0 unspecified atom stereocenters. The highest BCUT2D eigenvalue weighted by atomic mass is 16.2. The molecule has 72 valence electrons. The number of hydrogen-bond acceptors (Lipinski definition) is 3. The van der Waals surface area contributed by atoms with Crippen LogP contribution in [0.5, 0.6) is 0 Å². The number of nitrogens with zero attached hydrogens (tertiary/aromatic N) is 3. The van der Waals surface area contributed by atoms with Gasteiger partial charge in [0.2, 0.25) is 5.82 Å². The van der Waals surface area contributed by atoms with E-state index < -0.39 is 0 Å². The Kier molecular flexibility index (Phi) is 2.48. The summed E-state index contributed by atoms with van der Waals surface area (Å²) in [5, 5.41) is 0. The van der Waals surface area contributed by atoms with E-state index in [1.165, 1.54) is 0 Å². The number of amides is 1. The zero-order valence-electron chi connectivity index (χ0n) is 8.23. The third-order valence-electron chi connectivity index (χ3n) is 2.45. The van der Waals surface area contributed by atoms with Gasteiger partial charge in [0.05, 0.1) is 0 Å². The molecule has 0 atom stereocenters. The molecule has 0 saturated carbocycles. The SMILES string of the molecule is CBc1cnc(C(=O)N2CCC2)nc1. The van der Waals surface area contributed by atoms with Gasteiger partial charge in [-0.3, -0.25) is 4.79 Å². The Labute approximate surface area is 83.6 Å². The lowest BCUT2D eigenvalue weighted by Crippen LogP contribution is -2.42. The minimum absolute atomic E-state index is 0.0427. The standard InChI is InChI=1S/C9H12BN3O/c1-10-7-5-11-8(12-6-7)9(14)13-3-2-4-13/h5-6,10H,2-4H2,1H3. The van der Waals surface area contributed by atoms with Crippen molar-refractivity contribution in [1.82, 2.24) is 14.9 Å². The van der Waals surface area contributed by atoms with E-state index in [2.05, 4.69) is 9.97 Å². The molecule has 14 heavy (non-hydrogen) atoms. The van der Waals surface area contributed by atoms with Gasteiger partial charge < -0.3 is 4.90 Å². The molecule has 4 nitrogen and oxygen atoms in total. The topological polar surface area (TPSA) is 46.1 Å². The van der Waals surface area contributed by atoms with E-state index >= 15 is 0 Å². The average Bonchev–Trinajstić information content (AvgIpc) is 2.15. The summed E-state index contributed by atoms with van der Waals surface area (Å²) in [4.78, 5) is 21.5. The highest BCUT2D eigenvalue weighted by Gasteiger charge is 2.23. The van der Waals surface area contributed by atoms with Crippen molar-refractivity contribution >= 4 is 18.6 Å². The van der Waals surface area contributed by atoms with E-state index in [1.54, 1.807) is 17.3 Å². The maximum absolute atomic E-state index is 11.6. The number of likely N-dealkylation sites (tertiary alicyclic amines) is 1. The summed E-state index contributed by atoms with van der Waals surface area (Å²) in [5.74, 6) is 0.279. The van der Waals surface area contributed by atoms with E-state index in [0.29, 0.717) is 5.82 Å². The van der Waals surface area contributed by atoms with E-state index in [1.807, 2.05) is 6.82 Å². The second-order valence-corrected chi connectivity index (χ2v) is 3.41. The first-order chi connectivity index (χ1) is 6.81. The lowest BCUT2D eigenvalue weighted by atomic mass is 9.75. The van der Waals surface area contributed by atoms with Crippen molar-refractivity contribution in [3.8, 4) is 0 Å². The van der Waals surface area contributed by atoms with Crippen LogP contribution < -0.4 is 5.46 Å². The van der Waals surface area contributed by atoms with Crippen LogP contribution in [0, 0.1) is 0 Å². The number of rotatable bonds is 2. The van der Waals surface area contributed by atoms with Gasteiger partial charge in [0, 0.05) is 25.5 Å². The molecule has 1 saturated heterocycles. The first kappa shape index (κ1) is 9.18. The Morgan fingerprint density at radius 2 is 2.07 bits per heavy atom. The van der Waals surface area contributed by atoms with Crippen molar-refractivity contribution in [3.63, 3.8) is 0 Å². The van der Waals surface area contributed by atoms with Crippen LogP contribution in [0.15, 0.2) is 12.4 Å². The fourth-order valence-corrected chi connectivity index (χ4v) is 1.31. The molecule has 1 aliphatic rings. The molecule has 1 amide bonds. The van der Waals surface area contributed by atoms with Gasteiger partial charge in [0.25, 0.3) is 5.91 Å². The second-order valence-electron chi connectivity index (χ2n) is 3.41. The summed E-state index contributed by atoms with van der Waals surface area (Å²) in [6, 6.07) is 0. The molecule has 0 N–H and O–H groups in total. The van der Waals surface area contributed by atoms with Gasteiger partial charge in [-0.1, -0.05) is 6.82 Å². The third-order valence-corrected chi connectivity index (χ3v) is 2.45. The van der Waals surface area contributed by atoms with Crippen LogP contribution in [0.1, 0.15) is 17.0 Å². The lowest BCUT2D eigenvalue weighted by Gasteiger charge is -2.29. The highest BCUT2D eigenvalue weighted by Crippen LogP contribution is 2.08. The predicted octanol–water partition coefficient (Wildman–Crippen LogP) is -0.568. The Bertz CT molecular complexity index is 334. The lowest BCUT2D eigenvalue weighted by molar-refractivity contribution is 0.0639. The largest absolute Gasteiger partial charge is 0.336 e. The van der Waals surface area contributed by atoms with Crippen LogP contribution in [0.2, 0.25) is 6.82 Å². The highest BCUT2D eigenvalue weighted by molar-refractivity contribution is 6.51. The zero-order chi connectivity index (χ0) is 9.97. The molecular formula is C9H12BN3O. The minimum atomic E-state index is -0.0427. The molecule has 1 aromatic heterocycles. The van der Waals surface area contributed by atoms with Gasteiger partial charge in [0.15, 0.2) is 7.28 Å². The maximum Gasteiger partial charge on any atom is 0.291 e. The Hall–Kier alpha value is -1.39. The summed E-state index contributed by atoms with van der Waals surface area (Å²) in [6.07, 6.45) is 4.54. The smallest absolute Gasteiger partial charge is 0.291 e. The molecule has 5 heteroatoms. The van der Waals surface area contributed by atoms with Crippen molar-refractivity contribution in [2.75, 3.05) is 13.1 Å². The Morgan fingerprint density at radius 3 is 2.50 bits per heavy atom. The van der Waals surface area contributed by atoms with Crippen molar-refractivity contribution < 1.29 is 4.79 Å². The molecule has 2 rings (SSSR count). The normalized spacial score (nSPS) is 14.8. The van der Waals surface area contributed by atoms with Crippen LogP contribution in [-0.4, -0.2) is 41.1 Å². The first-order valence-electron chi connectivity index (χ1n) is 4.91. The molecule has 0 aromatic carbocycles. The average molecular weight is 189 g/mol. The van der Waals surface area contributed by atoms with Gasteiger partial charge in [-0.25, -0.2) is 9.97 Å². The van der Waals surface area contributed by atoms with Gasteiger partial charge in [-0.15, -0.1) is 0 Å². The van der Waals surface area contributed by atoms with Crippen LogP contribution in [-0.2, 0) is 0 Å². The van der Waals surface area contributed by atoms with Crippen molar-refractivity contribution in [1.29, 1.82) is 0 Å². The van der Waals surface area contributed by atoms with E-state index in [0.717, 1.165) is 32.3 Å². The monoisotopic (exact) mass is 189 g/mol. The molecule has 0 bridgehead atoms. The summed E-state index contributed by atoms with van der Waals surface area (Å²) in [7, 11) is 0.901. The van der Waals surface area contributed by atoms with Crippen LogP contribution in [0.4, 0.5) is 0 Å². The van der Waals surface area contributed by atoms with E-state index in [9.17, 15) is 4.79 Å². The number of aromatic nitrogens is 2. The van der Waals surface area contributed by atoms with Crippen LogP contribution in [0.3, 0.4) is 0 Å². The molecule has 1 fully saturated rings. The van der Waals surface area contributed by atoms with Gasteiger partial charge >= 0.3 is 0 Å². The Morgan fingerprint density at radius 1 is 1.43 bits per heavy atom. The molecule has 0 spiro atoms.